The Morgan fingerprint density at radius 1 is 1.19 bits per heavy atom. The fourth-order valence-corrected chi connectivity index (χ4v) is 3.55. The van der Waals surface area contributed by atoms with Gasteiger partial charge in [-0.05, 0) is 45.9 Å². The lowest BCUT2D eigenvalue weighted by atomic mass is 10.1. The number of anilines is 1. The van der Waals surface area contributed by atoms with Crippen molar-refractivity contribution in [3.05, 3.63) is 23.8 Å². The molecule has 2 aliphatic rings. The molecule has 2 aliphatic heterocycles. The van der Waals surface area contributed by atoms with Crippen molar-refractivity contribution < 1.29 is 23.9 Å². The van der Waals surface area contributed by atoms with Crippen LogP contribution in [0.4, 0.5) is 5.69 Å². The third-order valence-corrected chi connectivity index (χ3v) is 4.72. The molecule has 7 heteroatoms. The molecule has 2 heterocycles. The fourth-order valence-electron chi connectivity index (χ4n) is 3.55. The number of hydrogen-bond donors (Lipinski definition) is 0. The smallest absolute Gasteiger partial charge is 0.265 e. The number of ketones is 1. The number of hydrogen-bond acceptors (Lipinski definition) is 5. The van der Waals surface area contributed by atoms with Crippen molar-refractivity contribution in [3.8, 4) is 5.75 Å². The van der Waals surface area contributed by atoms with E-state index in [1.807, 2.05) is 13.8 Å². The summed E-state index contributed by atoms with van der Waals surface area (Å²) in [5.74, 6) is -0.0478. The van der Waals surface area contributed by atoms with E-state index in [9.17, 15) is 14.4 Å². The Balaban J connectivity index is 1.90. The summed E-state index contributed by atoms with van der Waals surface area (Å²) in [4.78, 5) is 40.4. The monoisotopic (exact) mass is 360 g/mol. The molecule has 7 nitrogen and oxygen atoms in total. The number of rotatable bonds is 3. The lowest BCUT2D eigenvalue weighted by Gasteiger charge is -2.40. The number of carbonyl (C=O) groups excluding carboxylic acids is 3. The third-order valence-electron chi connectivity index (χ3n) is 4.72. The van der Waals surface area contributed by atoms with Gasteiger partial charge in [-0.1, -0.05) is 0 Å². The molecule has 0 spiro atoms. The molecular formula is C19H24N2O5. The SMILES string of the molecule is CC(=O)c1ccc2c(c1)N(C(C)C(=O)N1CC(C)OC(C)C1)C(=O)CO2. The molecule has 2 amide bonds. The summed E-state index contributed by atoms with van der Waals surface area (Å²) in [7, 11) is 0. The minimum Gasteiger partial charge on any atom is -0.482 e. The van der Waals surface area contributed by atoms with Gasteiger partial charge in [-0.25, -0.2) is 0 Å². The Morgan fingerprint density at radius 3 is 2.46 bits per heavy atom. The van der Waals surface area contributed by atoms with Crippen LogP contribution < -0.4 is 9.64 Å². The molecule has 0 radical (unpaired) electrons. The van der Waals surface area contributed by atoms with Gasteiger partial charge in [-0.15, -0.1) is 0 Å². The van der Waals surface area contributed by atoms with Crippen molar-refractivity contribution in [2.24, 2.45) is 0 Å². The first kappa shape index (κ1) is 18.4. The van der Waals surface area contributed by atoms with E-state index in [-0.39, 0.29) is 36.4 Å². The standard InChI is InChI=1S/C19H24N2O5/c1-11-8-20(9-12(2)26-11)19(24)13(3)21-16-7-15(14(4)22)5-6-17(16)25-10-18(21)23/h5-7,11-13H,8-10H2,1-4H3. The zero-order chi connectivity index (χ0) is 19.0. The molecule has 0 N–H and O–H groups in total. The van der Waals surface area contributed by atoms with Crippen molar-refractivity contribution >= 4 is 23.3 Å². The minimum absolute atomic E-state index is 0.0492. The average molecular weight is 360 g/mol. The van der Waals surface area contributed by atoms with E-state index in [4.69, 9.17) is 9.47 Å². The number of Topliss-reactive ketones (excluding diaryl/α,β-unsaturated/α-hetero) is 1. The number of ether oxygens (including phenoxy) is 2. The van der Waals surface area contributed by atoms with E-state index >= 15 is 0 Å². The molecule has 0 bridgehead atoms. The van der Waals surface area contributed by atoms with E-state index in [2.05, 4.69) is 0 Å². The predicted molar refractivity (Wildman–Crippen MR) is 95.5 cm³/mol. The van der Waals surface area contributed by atoms with Crippen LogP contribution >= 0.6 is 0 Å². The summed E-state index contributed by atoms with van der Waals surface area (Å²) in [6, 6.07) is 4.25. The van der Waals surface area contributed by atoms with Crippen LogP contribution in [0.5, 0.6) is 5.75 Å². The van der Waals surface area contributed by atoms with Gasteiger partial charge in [0, 0.05) is 18.7 Å². The van der Waals surface area contributed by atoms with Crippen LogP contribution in [0.15, 0.2) is 18.2 Å². The maximum absolute atomic E-state index is 13.0. The number of carbonyl (C=O) groups is 3. The predicted octanol–water partition coefficient (Wildman–Crippen LogP) is 1.64. The maximum Gasteiger partial charge on any atom is 0.265 e. The maximum atomic E-state index is 13.0. The van der Waals surface area contributed by atoms with Gasteiger partial charge < -0.3 is 14.4 Å². The van der Waals surface area contributed by atoms with Gasteiger partial charge in [0.05, 0.1) is 17.9 Å². The molecule has 1 fully saturated rings. The van der Waals surface area contributed by atoms with Crippen LogP contribution in [-0.4, -0.2) is 60.4 Å². The van der Waals surface area contributed by atoms with Gasteiger partial charge in [0.2, 0.25) is 5.91 Å². The first-order valence-corrected chi connectivity index (χ1v) is 8.82. The lowest BCUT2D eigenvalue weighted by Crippen LogP contribution is -2.56. The van der Waals surface area contributed by atoms with Crippen LogP contribution in [-0.2, 0) is 14.3 Å². The molecule has 3 unspecified atom stereocenters. The molecule has 26 heavy (non-hydrogen) atoms. The highest BCUT2D eigenvalue weighted by atomic mass is 16.5. The number of benzene rings is 1. The van der Waals surface area contributed by atoms with Gasteiger partial charge in [0.25, 0.3) is 5.91 Å². The lowest BCUT2D eigenvalue weighted by molar-refractivity contribution is -0.145. The Kier molecular flexibility index (Phi) is 5.00. The Labute approximate surface area is 152 Å². The topological polar surface area (TPSA) is 76.2 Å². The number of morpholine rings is 1. The molecule has 0 saturated carbocycles. The van der Waals surface area contributed by atoms with Crippen LogP contribution in [0, 0.1) is 0 Å². The molecule has 0 aromatic heterocycles. The quantitative estimate of drug-likeness (QED) is 0.766. The molecule has 1 aromatic carbocycles. The first-order valence-electron chi connectivity index (χ1n) is 8.82. The molecule has 1 aromatic rings. The number of nitrogens with zero attached hydrogens (tertiary/aromatic N) is 2. The van der Waals surface area contributed by atoms with Crippen molar-refractivity contribution in [1.29, 1.82) is 0 Å². The van der Waals surface area contributed by atoms with Gasteiger partial charge in [0.1, 0.15) is 11.8 Å². The van der Waals surface area contributed by atoms with Crippen molar-refractivity contribution in [3.63, 3.8) is 0 Å². The zero-order valence-electron chi connectivity index (χ0n) is 15.5. The third kappa shape index (κ3) is 3.44. The first-order chi connectivity index (χ1) is 12.3. The van der Waals surface area contributed by atoms with Crippen molar-refractivity contribution in [2.75, 3.05) is 24.6 Å². The fraction of sp³-hybridized carbons (Fsp3) is 0.526. The van der Waals surface area contributed by atoms with Gasteiger partial charge in [-0.2, -0.15) is 0 Å². The normalized spacial score (nSPS) is 23.9. The van der Waals surface area contributed by atoms with Gasteiger partial charge in [0.15, 0.2) is 12.4 Å². The van der Waals surface area contributed by atoms with Crippen LogP contribution in [0.2, 0.25) is 0 Å². The largest absolute Gasteiger partial charge is 0.482 e. The summed E-state index contributed by atoms with van der Waals surface area (Å²) in [6.45, 7) is 7.88. The second-order valence-electron chi connectivity index (χ2n) is 6.97. The van der Waals surface area contributed by atoms with E-state index in [1.165, 1.54) is 11.8 Å². The number of fused-ring (bicyclic) bond motifs is 1. The second kappa shape index (κ2) is 7.07. The van der Waals surface area contributed by atoms with Crippen molar-refractivity contribution in [2.45, 2.75) is 45.9 Å². The van der Waals surface area contributed by atoms with Crippen LogP contribution in [0.25, 0.3) is 0 Å². The van der Waals surface area contributed by atoms with Gasteiger partial charge in [-0.3, -0.25) is 19.3 Å². The van der Waals surface area contributed by atoms with Crippen LogP contribution in [0.3, 0.4) is 0 Å². The van der Waals surface area contributed by atoms with Gasteiger partial charge >= 0.3 is 0 Å². The Bertz CT molecular complexity index is 737. The summed E-state index contributed by atoms with van der Waals surface area (Å²) < 4.78 is 11.1. The minimum atomic E-state index is -0.690. The van der Waals surface area contributed by atoms with E-state index in [0.717, 1.165) is 0 Å². The number of amides is 2. The summed E-state index contributed by atoms with van der Waals surface area (Å²) in [5, 5.41) is 0. The van der Waals surface area contributed by atoms with E-state index < -0.39 is 6.04 Å². The Hall–Kier alpha value is -2.41. The van der Waals surface area contributed by atoms with E-state index in [0.29, 0.717) is 30.1 Å². The zero-order valence-corrected chi connectivity index (χ0v) is 15.5. The summed E-state index contributed by atoms with van der Waals surface area (Å²) in [6.07, 6.45) is -0.0983. The highest BCUT2D eigenvalue weighted by Gasteiger charge is 2.37. The highest BCUT2D eigenvalue weighted by Crippen LogP contribution is 2.35. The summed E-state index contributed by atoms with van der Waals surface area (Å²) in [5.41, 5.74) is 0.935. The molecular weight excluding hydrogens is 336 g/mol. The molecule has 140 valence electrons. The molecule has 3 rings (SSSR count). The van der Waals surface area contributed by atoms with Crippen molar-refractivity contribution in [1.82, 2.24) is 4.90 Å². The molecule has 0 aliphatic carbocycles. The second-order valence-corrected chi connectivity index (χ2v) is 6.97. The van der Waals surface area contributed by atoms with E-state index in [1.54, 1.807) is 30.0 Å². The Morgan fingerprint density at radius 2 is 1.85 bits per heavy atom. The molecule has 1 saturated heterocycles. The summed E-state index contributed by atoms with van der Waals surface area (Å²) >= 11 is 0. The molecule has 3 atom stereocenters. The highest BCUT2D eigenvalue weighted by molar-refractivity contribution is 6.05. The van der Waals surface area contributed by atoms with Crippen LogP contribution in [0.1, 0.15) is 38.1 Å². The average Bonchev–Trinajstić information content (AvgIpc) is 2.59.